The van der Waals surface area contributed by atoms with Gasteiger partial charge >= 0.3 is 0 Å². The van der Waals surface area contributed by atoms with Crippen molar-refractivity contribution in [3.8, 4) is 16.3 Å². The molecule has 0 radical (unpaired) electrons. The summed E-state index contributed by atoms with van der Waals surface area (Å²) in [7, 11) is -3.66. The lowest BCUT2D eigenvalue weighted by Crippen LogP contribution is -2.11. The Balaban J connectivity index is 2.11. The van der Waals surface area contributed by atoms with Crippen molar-refractivity contribution in [2.45, 2.75) is 18.7 Å². The fourth-order valence-corrected chi connectivity index (χ4v) is 3.83. The van der Waals surface area contributed by atoms with Crippen LogP contribution in [0, 0.1) is 13.8 Å². The molecular weight excluding hydrogens is 316 g/mol. The van der Waals surface area contributed by atoms with Crippen molar-refractivity contribution in [2.75, 3.05) is 0 Å². The Hall–Kier alpha value is -1.89. The Kier molecular flexibility index (Phi) is 3.68. The van der Waals surface area contributed by atoms with E-state index in [4.69, 9.17) is 5.14 Å². The number of nitrogens with two attached hydrogens (primary N) is 1. The summed E-state index contributed by atoms with van der Waals surface area (Å²) in [6, 6.07) is 10.9. The molecule has 0 saturated heterocycles. The number of sulfonamides is 1. The topological polar surface area (TPSA) is 65.1 Å². The Morgan fingerprint density at radius 1 is 1.09 bits per heavy atom. The number of primary sulfonamides is 1. The van der Waals surface area contributed by atoms with Crippen LogP contribution < -0.4 is 5.14 Å². The standard InChI is InChI=1S/C16H16N2O2S2/c1-11-9-15(21-10-11)18-8-7-12(2)16(18)13-3-5-14(6-4-13)22(17,19)20/h3-10H,1-2H3,(H2,17,19,20). The number of hydrogen-bond donors (Lipinski definition) is 1. The van der Waals surface area contributed by atoms with Crippen LogP contribution in [-0.2, 0) is 10.0 Å². The first-order chi connectivity index (χ1) is 10.4. The Bertz CT molecular complexity index is 919. The summed E-state index contributed by atoms with van der Waals surface area (Å²) in [6.07, 6.45) is 2.03. The van der Waals surface area contributed by atoms with Gasteiger partial charge in [-0.1, -0.05) is 12.1 Å². The van der Waals surface area contributed by atoms with E-state index in [1.54, 1.807) is 35.6 Å². The average molecular weight is 332 g/mol. The molecule has 4 nitrogen and oxygen atoms in total. The van der Waals surface area contributed by atoms with Crippen molar-refractivity contribution >= 4 is 21.4 Å². The second-order valence-electron chi connectivity index (χ2n) is 5.25. The van der Waals surface area contributed by atoms with Gasteiger partial charge in [0.15, 0.2) is 0 Å². The van der Waals surface area contributed by atoms with Gasteiger partial charge in [-0.15, -0.1) is 11.3 Å². The molecule has 0 unspecified atom stereocenters. The molecule has 0 atom stereocenters. The summed E-state index contributed by atoms with van der Waals surface area (Å²) in [4.78, 5) is 0.124. The molecule has 22 heavy (non-hydrogen) atoms. The molecule has 2 aromatic heterocycles. The number of benzene rings is 1. The van der Waals surface area contributed by atoms with Crippen LogP contribution in [0.1, 0.15) is 11.1 Å². The van der Waals surface area contributed by atoms with Gasteiger partial charge in [-0.25, -0.2) is 13.6 Å². The maximum Gasteiger partial charge on any atom is 0.238 e. The fraction of sp³-hybridized carbons (Fsp3) is 0.125. The Morgan fingerprint density at radius 2 is 1.77 bits per heavy atom. The third-order valence-corrected chi connectivity index (χ3v) is 5.47. The van der Waals surface area contributed by atoms with Gasteiger partial charge in [-0.05, 0) is 60.2 Å². The van der Waals surface area contributed by atoms with Crippen LogP contribution in [0.15, 0.2) is 52.9 Å². The zero-order valence-electron chi connectivity index (χ0n) is 12.3. The van der Waals surface area contributed by atoms with Crippen LogP contribution >= 0.6 is 11.3 Å². The zero-order chi connectivity index (χ0) is 15.9. The third-order valence-electron chi connectivity index (χ3n) is 3.50. The number of aromatic nitrogens is 1. The van der Waals surface area contributed by atoms with Crippen LogP contribution in [0.4, 0.5) is 0 Å². The predicted molar refractivity (Wildman–Crippen MR) is 89.9 cm³/mol. The summed E-state index contributed by atoms with van der Waals surface area (Å²) in [6.45, 7) is 4.11. The molecule has 114 valence electrons. The number of nitrogens with zero attached hydrogens (tertiary/aromatic N) is 1. The van der Waals surface area contributed by atoms with E-state index >= 15 is 0 Å². The maximum absolute atomic E-state index is 11.4. The van der Waals surface area contributed by atoms with Crippen LogP contribution in [0.2, 0.25) is 0 Å². The van der Waals surface area contributed by atoms with Crippen LogP contribution in [0.5, 0.6) is 0 Å². The summed E-state index contributed by atoms with van der Waals surface area (Å²) in [5.74, 6) is 0. The van der Waals surface area contributed by atoms with Gasteiger partial charge < -0.3 is 4.57 Å². The molecule has 2 heterocycles. The minimum atomic E-state index is -3.66. The molecule has 0 bridgehead atoms. The van der Waals surface area contributed by atoms with Crippen LogP contribution in [-0.4, -0.2) is 13.0 Å². The molecule has 3 rings (SSSR count). The lowest BCUT2D eigenvalue weighted by molar-refractivity contribution is 0.598. The van der Waals surface area contributed by atoms with E-state index in [0.29, 0.717) is 0 Å². The highest BCUT2D eigenvalue weighted by Crippen LogP contribution is 2.30. The monoisotopic (exact) mass is 332 g/mol. The highest BCUT2D eigenvalue weighted by atomic mass is 32.2. The SMILES string of the molecule is Cc1csc(-n2ccc(C)c2-c2ccc(S(N)(=O)=O)cc2)c1. The minimum absolute atomic E-state index is 0.124. The largest absolute Gasteiger partial charge is 0.308 e. The summed E-state index contributed by atoms with van der Waals surface area (Å²) in [5, 5.41) is 8.39. The molecule has 0 spiro atoms. The molecule has 3 aromatic rings. The van der Waals surface area contributed by atoms with Crippen molar-refractivity contribution in [1.82, 2.24) is 4.57 Å². The molecule has 0 aliphatic heterocycles. The van der Waals surface area contributed by atoms with E-state index in [1.165, 1.54) is 5.56 Å². The number of aryl methyl sites for hydroxylation is 2. The van der Waals surface area contributed by atoms with Crippen molar-refractivity contribution in [3.05, 3.63) is 59.1 Å². The lowest BCUT2D eigenvalue weighted by Gasteiger charge is -2.09. The van der Waals surface area contributed by atoms with Gasteiger partial charge in [0.25, 0.3) is 0 Å². The quantitative estimate of drug-likeness (QED) is 0.798. The smallest absolute Gasteiger partial charge is 0.238 e. The molecule has 2 N–H and O–H groups in total. The van der Waals surface area contributed by atoms with Crippen molar-refractivity contribution in [1.29, 1.82) is 0 Å². The van der Waals surface area contributed by atoms with Crippen LogP contribution in [0.3, 0.4) is 0 Å². The van der Waals surface area contributed by atoms with E-state index in [0.717, 1.165) is 21.8 Å². The normalized spacial score (nSPS) is 11.8. The van der Waals surface area contributed by atoms with Crippen LogP contribution in [0.25, 0.3) is 16.3 Å². The zero-order valence-corrected chi connectivity index (χ0v) is 13.9. The number of rotatable bonds is 3. The second kappa shape index (κ2) is 5.39. The first kappa shape index (κ1) is 15.0. The molecular formula is C16H16N2O2S2. The lowest BCUT2D eigenvalue weighted by atomic mass is 10.1. The first-order valence-corrected chi connectivity index (χ1v) is 9.15. The highest BCUT2D eigenvalue weighted by Gasteiger charge is 2.13. The minimum Gasteiger partial charge on any atom is -0.308 e. The van der Waals surface area contributed by atoms with Gasteiger partial charge in [0.05, 0.1) is 15.6 Å². The van der Waals surface area contributed by atoms with Crippen molar-refractivity contribution in [2.24, 2.45) is 5.14 Å². The molecule has 6 heteroatoms. The molecule has 0 fully saturated rings. The van der Waals surface area contributed by atoms with E-state index in [9.17, 15) is 8.42 Å². The van der Waals surface area contributed by atoms with E-state index < -0.39 is 10.0 Å². The molecule has 0 amide bonds. The summed E-state index contributed by atoms with van der Waals surface area (Å²) in [5.41, 5.74) is 4.38. The van der Waals surface area contributed by atoms with Crippen molar-refractivity contribution in [3.63, 3.8) is 0 Å². The molecule has 0 aliphatic carbocycles. The van der Waals surface area contributed by atoms with E-state index in [1.807, 2.05) is 13.1 Å². The van der Waals surface area contributed by atoms with E-state index in [2.05, 4.69) is 29.0 Å². The third kappa shape index (κ3) is 2.72. The van der Waals surface area contributed by atoms with Gasteiger partial charge in [0.2, 0.25) is 10.0 Å². The van der Waals surface area contributed by atoms with Gasteiger partial charge in [-0.3, -0.25) is 0 Å². The molecule has 1 aromatic carbocycles. The molecule has 0 saturated carbocycles. The fourth-order valence-electron chi connectivity index (χ4n) is 2.43. The molecule has 0 aliphatic rings. The van der Waals surface area contributed by atoms with E-state index in [-0.39, 0.29) is 4.90 Å². The predicted octanol–water partition coefficient (Wildman–Crippen LogP) is 3.47. The maximum atomic E-state index is 11.4. The second-order valence-corrected chi connectivity index (χ2v) is 7.70. The Morgan fingerprint density at radius 3 is 2.32 bits per heavy atom. The summed E-state index contributed by atoms with van der Waals surface area (Å²) < 4.78 is 24.9. The van der Waals surface area contributed by atoms with Gasteiger partial charge in [-0.2, -0.15) is 0 Å². The Labute approximate surface area is 133 Å². The van der Waals surface area contributed by atoms with Crippen molar-refractivity contribution < 1.29 is 8.42 Å². The first-order valence-electron chi connectivity index (χ1n) is 6.73. The summed E-state index contributed by atoms with van der Waals surface area (Å²) >= 11 is 1.68. The highest BCUT2D eigenvalue weighted by molar-refractivity contribution is 7.89. The number of hydrogen-bond acceptors (Lipinski definition) is 3. The van der Waals surface area contributed by atoms with Gasteiger partial charge in [0.1, 0.15) is 0 Å². The van der Waals surface area contributed by atoms with Gasteiger partial charge in [0, 0.05) is 6.20 Å². The average Bonchev–Trinajstić information content (AvgIpc) is 3.04. The number of thiophene rings is 1.